The van der Waals surface area contributed by atoms with Crippen LogP contribution in [0.1, 0.15) is 38.7 Å². The highest BCUT2D eigenvalue weighted by Gasteiger charge is 2.31. The van der Waals surface area contributed by atoms with Crippen LogP contribution in [-0.2, 0) is 10.3 Å². The van der Waals surface area contributed by atoms with Crippen LogP contribution >= 0.6 is 11.6 Å². The molecule has 1 aliphatic rings. The Balaban J connectivity index is 2.13. The van der Waals surface area contributed by atoms with Crippen molar-refractivity contribution in [2.75, 3.05) is 19.7 Å². The Bertz CT molecular complexity index is 386. The molecule has 19 heavy (non-hydrogen) atoms. The first kappa shape index (κ1) is 14.8. The van der Waals surface area contributed by atoms with Gasteiger partial charge in [-0.15, -0.1) is 0 Å². The number of piperidine rings is 1. The third-order valence-electron chi connectivity index (χ3n) is 4.05. The molecular weight excluding hydrogens is 258 g/mol. The zero-order valence-corrected chi connectivity index (χ0v) is 12.7. The zero-order chi connectivity index (χ0) is 13.7. The molecule has 3 heteroatoms. The minimum atomic E-state index is -0.193. The summed E-state index contributed by atoms with van der Waals surface area (Å²) >= 11 is 5.98. The van der Waals surface area contributed by atoms with Gasteiger partial charge in [0.05, 0.1) is 5.60 Å². The zero-order valence-electron chi connectivity index (χ0n) is 11.9. The van der Waals surface area contributed by atoms with E-state index in [1.165, 1.54) is 18.4 Å². The van der Waals surface area contributed by atoms with Gasteiger partial charge in [-0.05, 0) is 69.8 Å². The molecule has 2 nitrogen and oxygen atoms in total. The molecule has 0 bridgehead atoms. The molecule has 1 fully saturated rings. The average Bonchev–Trinajstić information content (AvgIpc) is 2.40. The van der Waals surface area contributed by atoms with E-state index in [9.17, 15) is 0 Å². The predicted molar refractivity (Wildman–Crippen MR) is 80.6 cm³/mol. The van der Waals surface area contributed by atoms with Crippen LogP contribution in [0.25, 0.3) is 0 Å². The van der Waals surface area contributed by atoms with Crippen molar-refractivity contribution in [2.24, 2.45) is 5.92 Å². The van der Waals surface area contributed by atoms with Gasteiger partial charge in [-0.3, -0.25) is 0 Å². The number of nitrogens with one attached hydrogen (secondary N) is 1. The molecule has 0 radical (unpaired) electrons. The minimum absolute atomic E-state index is 0.193. The fourth-order valence-electron chi connectivity index (χ4n) is 3.02. The predicted octanol–water partition coefficient (Wildman–Crippen LogP) is 3.98. The van der Waals surface area contributed by atoms with Gasteiger partial charge in [0.1, 0.15) is 0 Å². The Labute approximate surface area is 121 Å². The summed E-state index contributed by atoms with van der Waals surface area (Å²) in [7, 11) is 0. The first-order valence-electron chi connectivity index (χ1n) is 7.25. The second-order valence-corrected chi connectivity index (χ2v) is 6.00. The molecular formula is C16H24ClNO. The highest BCUT2D eigenvalue weighted by molar-refractivity contribution is 6.30. The third-order valence-corrected chi connectivity index (χ3v) is 4.31. The number of benzene rings is 1. The van der Waals surface area contributed by atoms with Crippen molar-refractivity contribution < 1.29 is 4.74 Å². The Morgan fingerprint density at radius 3 is 2.47 bits per heavy atom. The second kappa shape index (κ2) is 6.74. The third kappa shape index (κ3) is 3.95. The lowest BCUT2D eigenvalue weighted by Crippen LogP contribution is -2.34. The molecule has 0 unspecified atom stereocenters. The standard InChI is InChI=1S/C16H24ClNO/c1-3-19-16(2,12-13-8-10-18-11-9-13)14-4-6-15(17)7-5-14/h4-7,13,18H,3,8-12H2,1-2H3/t16-/m0/s1. The fraction of sp³-hybridized carbons (Fsp3) is 0.625. The molecule has 106 valence electrons. The first-order valence-corrected chi connectivity index (χ1v) is 7.62. The van der Waals surface area contributed by atoms with Gasteiger partial charge in [-0.25, -0.2) is 0 Å². The number of halogens is 1. The molecule has 1 N–H and O–H groups in total. The normalized spacial score (nSPS) is 20.2. The van der Waals surface area contributed by atoms with Crippen LogP contribution in [0.3, 0.4) is 0 Å². The van der Waals surface area contributed by atoms with Crippen LogP contribution in [0.2, 0.25) is 5.02 Å². The summed E-state index contributed by atoms with van der Waals surface area (Å²) < 4.78 is 6.09. The van der Waals surface area contributed by atoms with Crippen LogP contribution in [0, 0.1) is 5.92 Å². The summed E-state index contributed by atoms with van der Waals surface area (Å²) in [5.74, 6) is 0.744. The van der Waals surface area contributed by atoms with Gasteiger partial charge in [0.15, 0.2) is 0 Å². The van der Waals surface area contributed by atoms with E-state index in [2.05, 4.69) is 31.3 Å². The Hall–Kier alpha value is -0.570. The van der Waals surface area contributed by atoms with Crippen molar-refractivity contribution >= 4 is 11.6 Å². The van der Waals surface area contributed by atoms with Gasteiger partial charge >= 0.3 is 0 Å². The summed E-state index contributed by atoms with van der Waals surface area (Å²) in [6.45, 7) is 7.28. The Morgan fingerprint density at radius 1 is 1.26 bits per heavy atom. The smallest absolute Gasteiger partial charge is 0.0905 e. The van der Waals surface area contributed by atoms with Gasteiger partial charge in [-0.1, -0.05) is 23.7 Å². The molecule has 1 aromatic rings. The van der Waals surface area contributed by atoms with Crippen molar-refractivity contribution in [1.82, 2.24) is 5.32 Å². The van der Waals surface area contributed by atoms with Gasteiger partial charge < -0.3 is 10.1 Å². The van der Waals surface area contributed by atoms with E-state index < -0.39 is 0 Å². The van der Waals surface area contributed by atoms with E-state index in [0.717, 1.165) is 37.1 Å². The molecule has 0 amide bonds. The molecule has 2 rings (SSSR count). The quantitative estimate of drug-likeness (QED) is 0.881. The fourth-order valence-corrected chi connectivity index (χ4v) is 3.14. The lowest BCUT2D eigenvalue weighted by Gasteiger charge is -2.35. The maximum atomic E-state index is 6.09. The van der Waals surface area contributed by atoms with Gasteiger partial charge in [0.2, 0.25) is 0 Å². The van der Waals surface area contributed by atoms with E-state index >= 15 is 0 Å². The van der Waals surface area contributed by atoms with Crippen LogP contribution in [0.4, 0.5) is 0 Å². The molecule has 1 saturated heterocycles. The molecule has 0 aromatic heterocycles. The number of hydrogen-bond donors (Lipinski definition) is 1. The molecule has 1 aliphatic heterocycles. The minimum Gasteiger partial charge on any atom is -0.371 e. The largest absolute Gasteiger partial charge is 0.371 e. The summed E-state index contributed by atoms with van der Waals surface area (Å²) in [6.07, 6.45) is 3.58. The molecule has 1 atom stereocenters. The maximum absolute atomic E-state index is 6.09. The lowest BCUT2D eigenvalue weighted by molar-refractivity contribution is -0.0495. The van der Waals surface area contributed by atoms with Crippen LogP contribution in [0.5, 0.6) is 0 Å². The van der Waals surface area contributed by atoms with E-state index in [1.54, 1.807) is 0 Å². The van der Waals surface area contributed by atoms with E-state index in [1.807, 2.05) is 12.1 Å². The van der Waals surface area contributed by atoms with Gasteiger partial charge in [0.25, 0.3) is 0 Å². The monoisotopic (exact) mass is 281 g/mol. The summed E-state index contributed by atoms with van der Waals surface area (Å²) in [6, 6.07) is 8.10. The van der Waals surface area contributed by atoms with Gasteiger partial charge in [-0.2, -0.15) is 0 Å². The maximum Gasteiger partial charge on any atom is 0.0905 e. The summed E-state index contributed by atoms with van der Waals surface area (Å²) in [5.41, 5.74) is 1.04. The van der Waals surface area contributed by atoms with E-state index in [-0.39, 0.29) is 5.60 Å². The lowest BCUT2D eigenvalue weighted by atomic mass is 9.82. The number of hydrogen-bond acceptors (Lipinski definition) is 2. The topological polar surface area (TPSA) is 21.3 Å². The highest BCUT2D eigenvalue weighted by Crippen LogP contribution is 2.35. The highest BCUT2D eigenvalue weighted by atomic mass is 35.5. The second-order valence-electron chi connectivity index (χ2n) is 5.57. The van der Waals surface area contributed by atoms with E-state index in [0.29, 0.717) is 0 Å². The van der Waals surface area contributed by atoms with E-state index in [4.69, 9.17) is 16.3 Å². The van der Waals surface area contributed by atoms with Crippen LogP contribution in [-0.4, -0.2) is 19.7 Å². The van der Waals surface area contributed by atoms with Crippen molar-refractivity contribution in [3.8, 4) is 0 Å². The Kier molecular flexibility index (Phi) is 5.26. The Morgan fingerprint density at radius 2 is 1.89 bits per heavy atom. The van der Waals surface area contributed by atoms with Crippen LogP contribution < -0.4 is 5.32 Å². The van der Waals surface area contributed by atoms with Crippen molar-refractivity contribution in [3.63, 3.8) is 0 Å². The number of ether oxygens (including phenoxy) is 1. The van der Waals surface area contributed by atoms with Crippen molar-refractivity contribution in [1.29, 1.82) is 0 Å². The summed E-state index contributed by atoms with van der Waals surface area (Å²) in [5, 5.41) is 4.20. The van der Waals surface area contributed by atoms with Crippen molar-refractivity contribution in [2.45, 2.75) is 38.7 Å². The summed E-state index contributed by atoms with van der Waals surface area (Å²) in [4.78, 5) is 0. The first-order chi connectivity index (χ1) is 9.14. The average molecular weight is 282 g/mol. The number of rotatable bonds is 5. The van der Waals surface area contributed by atoms with Crippen LogP contribution in [0.15, 0.2) is 24.3 Å². The SMILES string of the molecule is CCO[C@@](C)(CC1CCNCC1)c1ccc(Cl)cc1. The molecule has 1 heterocycles. The molecule has 1 aromatic carbocycles. The van der Waals surface area contributed by atoms with Gasteiger partial charge in [0, 0.05) is 11.6 Å². The molecule has 0 aliphatic carbocycles. The molecule has 0 spiro atoms. The molecule has 0 saturated carbocycles. The van der Waals surface area contributed by atoms with Crippen molar-refractivity contribution in [3.05, 3.63) is 34.9 Å².